The van der Waals surface area contributed by atoms with Gasteiger partial charge < -0.3 is 10.2 Å². The maximum absolute atomic E-state index is 12.4. The highest BCUT2D eigenvalue weighted by Crippen LogP contribution is 2.30. The highest BCUT2D eigenvalue weighted by molar-refractivity contribution is 7.90. The molecule has 0 saturated heterocycles. The number of amides is 1. The van der Waals surface area contributed by atoms with Crippen LogP contribution in [-0.4, -0.2) is 33.3 Å². The molecule has 142 valence electrons. The molecule has 0 aromatic heterocycles. The van der Waals surface area contributed by atoms with Gasteiger partial charge >= 0.3 is 0 Å². The first-order valence-corrected chi connectivity index (χ1v) is 10.3. The van der Waals surface area contributed by atoms with Crippen LogP contribution in [0.5, 0.6) is 0 Å². The minimum Gasteiger partial charge on any atom is -0.352 e. The van der Waals surface area contributed by atoms with Gasteiger partial charge in [0, 0.05) is 6.04 Å². The van der Waals surface area contributed by atoms with Gasteiger partial charge in [0.05, 0.1) is 5.69 Å². The number of fused-ring (bicyclic) bond motifs is 1. The molecule has 2 aromatic rings. The van der Waals surface area contributed by atoms with Gasteiger partial charge in [0.1, 0.15) is 17.8 Å². The van der Waals surface area contributed by atoms with E-state index < -0.39 is 10.0 Å². The van der Waals surface area contributed by atoms with Crippen LogP contribution < -0.4 is 10.2 Å². The number of anilines is 1. The van der Waals surface area contributed by atoms with Crippen molar-refractivity contribution in [3.05, 3.63) is 59.7 Å². The summed E-state index contributed by atoms with van der Waals surface area (Å²) in [6.45, 7) is 3.86. The fourth-order valence-electron chi connectivity index (χ4n) is 3.01. The molecule has 0 bridgehead atoms. The normalized spacial score (nSPS) is 15.9. The van der Waals surface area contributed by atoms with E-state index in [-0.39, 0.29) is 23.4 Å². The number of nitrogens with one attached hydrogen (secondary N) is 1. The lowest BCUT2D eigenvalue weighted by atomic mass is 10.1. The molecule has 0 fully saturated rings. The molecule has 6 nitrogen and oxygen atoms in total. The summed E-state index contributed by atoms with van der Waals surface area (Å²) < 4.78 is 27.8. The Kier molecular flexibility index (Phi) is 5.60. The molecule has 0 spiro atoms. The molecule has 1 heterocycles. The number of carbonyl (C=O) groups is 1. The van der Waals surface area contributed by atoms with Crippen molar-refractivity contribution >= 4 is 28.0 Å². The quantitative estimate of drug-likeness (QED) is 0.829. The van der Waals surface area contributed by atoms with E-state index >= 15 is 0 Å². The lowest BCUT2D eigenvalue weighted by Gasteiger charge is -2.25. The van der Waals surface area contributed by atoms with Gasteiger partial charge in [-0.25, -0.2) is 0 Å². The van der Waals surface area contributed by atoms with Gasteiger partial charge in [-0.3, -0.25) is 4.79 Å². The van der Waals surface area contributed by atoms with Crippen molar-refractivity contribution in [1.29, 1.82) is 0 Å². The smallest absolute Gasteiger partial charge is 0.285 e. The van der Waals surface area contributed by atoms with E-state index in [4.69, 9.17) is 0 Å². The average molecular weight is 385 g/mol. The first-order valence-electron chi connectivity index (χ1n) is 8.86. The number of rotatable bonds is 6. The van der Waals surface area contributed by atoms with Crippen molar-refractivity contribution in [3.63, 3.8) is 0 Å². The third-order valence-electron chi connectivity index (χ3n) is 4.46. The Morgan fingerprint density at radius 3 is 2.67 bits per heavy atom. The minimum absolute atomic E-state index is 0.0140. The molecule has 0 radical (unpaired) electrons. The highest BCUT2D eigenvalue weighted by Gasteiger charge is 2.26. The molecule has 0 saturated carbocycles. The van der Waals surface area contributed by atoms with E-state index in [2.05, 4.69) is 21.8 Å². The van der Waals surface area contributed by atoms with Crippen LogP contribution in [0.15, 0.2) is 57.8 Å². The van der Waals surface area contributed by atoms with Gasteiger partial charge in [-0.15, -0.1) is 4.40 Å². The Morgan fingerprint density at radius 2 is 1.93 bits per heavy atom. The third kappa shape index (κ3) is 4.74. The van der Waals surface area contributed by atoms with Crippen LogP contribution in [0, 0.1) is 6.92 Å². The van der Waals surface area contributed by atoms with Crippen LogP contribution in [0.1, 0.15) is 24.5 Å². The number of sulfonamides is 1. The SMILES string of the molecule is Cc1ccc2c(c1)N(CC(=O)N[C@H](C)CCc1ccccc1)C=NS2(=O)=O. The van der Waals surface area contributed by atoms with Crippen LogP contribution in [0.2, 0.25) is 0 Å². The van der Waals surface area contributed by atoms with Crippen LogP contribution in [-0.2, 0) is 21.2 Å². The molecule has 3 rings (SSSR count). The van der Waals surface area contributed by atoms with Crippen molar-refractivity contribution in [2.75, 3.05) is 11.4 Å². The molecular weight excluding hydrogens is 362 g/mol. The molecule has 0 unspecified atom stereocenters. The van der Waals surface area contributed by atoms with E-state index in [9.17, 15) is 13.2 Å². The van der Waals surface area contributed by atoms with Gasteiger partial charge in [-0.2, -0.15) is 8.42 Å². The molecular formula is C20H23N3O3S. The summed E-state index contributed by atoms with van der Waals surface area (Å²) in [6.07, 6.45) is 2.92. The Morgan fingerprint density at radius 1 is 1.19 bits per heavy atom. The summed E-state index contributed by atoms with van der Waals surface area (Å²) in [5, 5.41) is 2.97. The predicted octanol–water partition coefficient (Wildman–Crippen LogP) is 2.67. The highest BCUT2D eigenvalue weighted by atomic mass is 32.2. The molecule has 1 atom stereocenters. The van der Waals surface area contributed by atoms with Crippen molar-refractivity contribution in [1.82, 2.24) is 5.32 Å². The monoisotopic (exact) mass is 385 g/mol. The number of carbonyl (C=O) groups excluding carboxylic acids is 1. The Balaban J connectivity index is 1.62. The standard InChI is InChI=1S/C20H23N3O3S/c1-15-8-11-19-18(12-15)23(14-21-27(19,25)26)13-20(24)22-16(2)9-10-17-6-4-3-5-7-17/h3-8,11-12,14,16H,9-10,13H2,1-2H3,(H,22,24)/t16-/m1/s1. The molecule has 1 aliphatic heterocycles. The Labute approximate surface area is 160 Å². The van der Waals surface area contributed by atoms with Crippen LogP contribution in [0.4, 0.5) is 5.69 Å². The maximum atomic E-state index is 12.4. The lowest BCUT2D eigenvalue weighted by molar-refractivity contribution is -0.120. The summed E-state index contributed by atoms with van der Waals surface area (Å²) in [7, 11) is -3.69. The molecule has 27 heavy (non-hydrogen) atoms. The fraction of sp³-hybridized carbons (Fsp3) is 0.300. The molecule has 2 aromatic carbocycles. The first kappa shape index (κ1) is 19.1. The zero-order chi connectivity index (χ0) is 19.4. The lowest BCUT2D eigenvalue weighted by Crippen LogP contribution is -2.42. The maximum Gasteiger partial charge on any atom is 0.285 e. The zero-order valence-electron chi connectivity index (χ0n) is 15.4. The zero-order valence-corrected chi connectivity index (χ0v) is 16.2. The van der Waals surface area contributed by atoms with E-state index in [0.29, 0.717) is 5.69 Å². The van der Waals surface area contributed by atoms with E-state index in [1.807, 2.05) is 32.0 Å². The molecule has 0 aliphatic carbocycles. The second-order valence-electron chi connectivity index (χ2n) is 6.79. The molecule has 1 aliphatic rings. The number of aryl methyl sites for hydroxylation is 2. The Bertz CT molecular complexity index is 956. The van der Waals surface area contributed by atoms with Crippen molar-refractivity contribution in [2.24, 2.45) is 4.40 Å². The van der Waals surface area contributed by atoms with E-state index in [1.165, 1.54) is 18.0 Å². The van der Waals surface area contributed by atoms with Gasteiger partial charge in [-0.1, -0.05) is 36.4 Å². The topological polar surface area (TPSA) is 78.8 Å². The molecule has 7 heteroatoms. The van der Waals surface area contributed by atoms with Crippen molar-refractivity contribution in [2.45, 2.75) is 37.6 Å². The second-order valence-corrected chi connectivity index (χ2v) is 8.39. The largest absolute Gasteiger partial charge is 0.352 e. The second kappa shape index (κ2) is 7.92. The minimum atomic E-state index is -3.69. The van der Waals surface area contributed by atoms with Crippen LogP contribution >= 0.6 is 0 Å². The summed E-state index contributed by atoms with van der Waals surface area (Å²) in [5.74, 6) is -0.172. The fourth-order valence-corrected chi connectivity index (χ4v) is 4.04. The molecule has 1 amide bonds. The summed E-state index contributed by atoms with van der Waals surface area (Å²) in [4.78, 5) is 14.1. The van der Waals surface area contributed by atoms with Gasteiger partial charge in [0.15, 0.2) is 0 Å². The third-order valence-corrected chi connectivity index (χ3v) is 5.73. The van der Waals surface area contributed by atoms with Gasteiger partial charge in [-0.05, 0) is 49.9 Å². The van der Waals surface area contributed by atoms with Gasteiger partial charge in [0.2, 0.25) is 5.91 Å². The number of nitrogens with zero attached hydrogens (tertiary/aromatic N) is 2. The van der Waals surface area contributed by atoms with Gasteiger partial charge in [0.25, 0.3) is 10.0 Å². The van der Waals surface area contributed by atoms with E-state index in [0.717, 1.165) is 18.4 Å². The number of hydrogen-bond donors (Lipinski definition) is 1. The summed E-state index contributed by atoms with van der Waals surface area (Å²) >= 11 is 0. The Hall–Kier alpha value is -2.67. The molecule has 1 N–H and O–H groups in total. The van der Waals surface area contributed by atoms with Crippen molar-refractivity contribution in [3.8, 4) is 0 Å². The van der Waals surface area contributed by atoms with E-state index in [1.54, 1.807) is 17.0 Å². The number of hydrogen-bond acceptors (Lipinski definition) is 4. The predicted molar refractivity (Wildman–Crippen MR) is 107 cm³/mol. The van der Waals surface area contributed by atoms with Crippen molar-refractivity contribution < 1.29 is 13.2 Å². The average Bonchev–Trinajstić information content (AvgIpc) is 2.63. The summed E-state index contributed by atoms with van der Waals surface area (Å²) in [6, 6.07) is 15.1. The van der Waals surface area contributed by atoms with Crippen LogP contribution in [0.25, 0.3) is 0 Å². The first-order chi connectivity index (χ1) is 12.8. The van der Waals surface area contributed by atoms with Crippen LogP contribution in [0.3, 0.4) is 0 Å². The number of benzene rings is 2. The summed E-state index contributed by atoms with van der Waals surface area (Å²) in [5.41, 5.74) is 2.63.